The molecule has 0 spiro atoms. The summed E-state index contributed by atoms with van der Waals surface area (Å²) in [5.74, 6) is 0.867. The standard InChI is InChI=1S/C22H26N6O3S/c1-3-23-21(30)19-16-7-5-6-8-17(16)32-22(19)24-20(29)14-9-11-15(12-10-14)31-13-18-25-26-27-28(18)4-2/h9-12H,3-8,13H2,1-2H3,(H,23,30)(H,24,29). The van der Waals surface area contributed by atoms with Gasteiger partial charge in [0.15, 0.2) is 5.82 Å². The van der Waals surface area contributed by atoms with Gasteiger partial charge in [-0.2, -0.15) is 0 Å². The molecule has 0 bridgehead atoms. The Kier molecular flexibility index (Phi) is 6.79. The molecule has 2 heterocycles. The molecule has 0 unspecified atom stereocenters. The summed E-state index contributed by atoms with van der Waals surface area (Å²) >= 11 is 1.51. The molecule has 1 aliphatic carbocycles. The van der Waals surface area contributed by atoms with E-state index in [1.165, 1.54) is 16.2 Å². The lowest BCUT2D eigenvalue weighted by molar-refractivity contribution is 0.0956. The molecule has 0 radical (unpaired) electrons. The minimum atomic E-state index is -0.254. The fourth-order valence-electron chi connectivity index (χ4n) is 3.74. The number of hydrogen-bond donors (Lipinski definition) is 2. The van der Waals surface area contributed by atoms with Crippen LogP contribution < -0.4 is 15.4 Å². The normalized spacial score (nSPS) is 12.8. The van der Waals surface area contributed by atoms with Crippen LogP contribution in [0.25, 0.3) is 0 Å². The smallest absolute Gasteiger partial charge is 0.256 e. The molecule has 1 aromatic carbocycles. The second-order valence-corrected chi connectivity index (χ2v) is 8.56. The number of benzene rings is 1. The van der Waals surface area contributed by atoms with Crippen molar-refractivity contribution in [1.29, 1.82) is 0 Å². The number of anilines is 1. The van der Waals surface area contributed by atoms with Gasteiger partial charge in [-0.3, -0.25) is 9.59 Å². The first kappa shape index (κ1) is 21.9. The van der Waals surface area contributed by atoms with Crippen LogP contribution in [0, 0.1) is 0 Å². The van der Waals surface area contributed by atoms with Crippen molar-refractivity contribution < 1.29 is 14.3 Å². The lowest BCUT2D eigenvalue weighted by Crippen LogP contribution is -2.25. The summed E-state index contributed by atoms with van der Waals surface area (Å²) in [5.41, 5.74) is 2.19. The summed E-state index contributed by atoms with van der Waals surface area (Å²) in [6.45, 7) is 5.29. The predicted molar refractivity (Wildman–Crippen MR) is 121 cm³/mol. The van der Waals surface area contributed by atoms with Gasteiger partial charge in [0.05, 0.1) is 5.56 Å². The molecule has 0 saturated heterocycles. The van der Waals surface area contributed by atoms with Gasteiger partial charge in [-0.05, 0) is 79.8 Å². The van der Waals surface area contributed by atoms with Gasteiger partial charge >= 0.3 is 0 Å². The minimum absolute atomic E-state index is 0.125. The highest BCUT2D eigenvalue weighted by molar-refractivity contribution is 7.17. The first-order valence-electron chi connectivity index (χ1n) is 10.8. The van der Waals surface area contributed by atoms with E-state index >= 15 is 0 Å². The molecule has 2 N–H and O–H groups in total. The molecule has 2 amide bonds. The van der Waals surface area contributed by atoms with Crippen molar-refractivity contribution in [2.24, 2.45) is 0 Å². The van der Waals surface area contributed by atoms with E-state index in [-0.39, 0.29) is 18.4 Å². The van der Waals surface area contributed by atoms with Gasteiger partial charge in [-0.1, -0.05) is 0 Å². The van der Waals surface area contributed by atoms with Gasteiger partial charge in [0, 0.05) is 23.5 Å². The van der Waals surface area contributed by atoms with Crippen LogP contribution >= 0.6 is 11.3 Å². The van der Waals surface area contributed by atoms with Crippen molar-refractivity contribution in [3.05, 3.63) is 51.7 Å². The van der Waals surface area contributed by atoms with Crippen LogP contribution in [0.15, 0.2) is 24.3 Å². The molecule has 10 heteroatoms. The number of carbonyl (C=O) groups excluding carboxylic acids is 2. The summed E-state index contributed by atoms with van der Waals surface area (Å²) < 4.78 is 7.39. The largest absolute Gasteiger partial charge is 0.486 e. The van der Waals surface area contributed by atoms with Crippen molar-refractivity contribution >= 4 is 28.2 Å². The highest BCUT2D eigenvalue weighted by Gasteiger charge is 2.26. The number of nitrogens with zero attached hydrogens (tertiary/aromatic N) is 4. The third kappa shape index (κ3) is 4.64. The fourth-order valence-corrected chi connectivity index (χ4v) is 5.02. The maximum absolute atomic E-state index is 12.9. The Morgan fingerprint density at radius 2 is 1.91 bits per heavy atom. The number of aryl methyl sites for hydroxylation is 2. The molecule has 9 nitrogen and oxygen atoms in total. The number of fused-ring (bicyclic) bond motifs is 1. The molecule has 0 aliphatic heterocycles. The molecule has 0 atom stereocenters. The summed E-state index contributed by atoms with van der Waals surface area (Å²) in [5, 5.41) is 17.9. The van der Waals surface area contributed by atoms with E-state index in [0.717, 1.165) is 31.2 Å². The summed E-state index contributed by atoms with van der Waals surface area (Å²) in [6.07, 6.45) is 4.01. The van der Waals surface area contributed by atoms with E-state index < -0.39 is 0 Å². The van der Waals surface area contributed by atoms with Crippen molar-refractivity contribution in [3.63, 3.8) is 0 Å². The van der Waals surface area contributed by atoms with Crippen molar-refractivity contribution in [2.45, 2.75) is 52.7 Å². The molecule has 4 rings (SSSR count). The third-order valence-electron chi connectivity index (χ3n) is 5.35. The maximum Gasteiger partial charge on any atom is 0.256 e. The molecule has 2 aromatic heterocycles. The zero-order valence-electron chi connectivity index (χ0n) is 18.2. The molecule has 0 fully saturated rings. The van der Waals surface area contributed by atoms with Gasteiger partial charge in [0.2, 0.25) is 0 Å². The lowest BCUT2D eigenvalue weighted by Gasteiger charge is -2.13. The maximum atomic E-state index is 12.9. The average molecular weight is 455 g/mol. The Hall–Kier alpha value is -3.27. The van der Waals surface area contributed by atoms with E-state index in [4.69, 9.17) is 4.74 Å². The average Bonchev–Trinajstić information content (AvgIpc) is 3.41. The summed E-state index contributed by atoms with van der Waals surface area (Å²) in [6, 6.07) is 6.87. The quantitative estimate of drug-likeness (QED) is 0.541. The molecule has 168 valence electrons. The van der Waals surface area contributed by atoms with Crippen LogP contribution in [-0.2, 0) is 26.0 Å². The second kappa shape index (κ2) is 9.90. The van der Waals surface area contributed by atoms with E-state index in [1.807, 2.05) is 13.8 Å². The number of amides is 2. The van der Waals surface area contributed by atoms with Crippen LogP contribution in [0.1, 0.15) is 63.7 Å². The number of aromatic nitrogens is 4. The summed E-state index contributed by atoms with van der Waals surface area (Å²) in [4.78, 5) is 26.8. The Morgan fingerprint density at radius 3 is 2.66 bits per heavy atom. The Balaban J connectivity index is 1.46. The zero-order valence-corrected chi connectivity index (χ0v) is 19.0. The predicted octanol–water partition coefficient (Wildman–Crippen LogP) is 3.21. The number of thiophene rings is 1. The second-order valence-electron chi connectivity index (χ2n) is 7.45. The van der Waals surface area contributed by atoms with Crippen molar-refractivity contribution in [2.75, 3.05) is 11.9 Å². The molecule has 0 saturated carbocycles. The Bertz CT molecular complexity index is 1110. The molecular formula is C22H26N6O3S. The lowest BCUT2D eigenvalue weighted by atomic mass is 9.95. The van der Waals surface area contributed by atoms with Crippen molar-refractivity contribution in [1.82, 2.24) is 25.5 Å². The van der Waals surface area contributed by atoms with E-state index in [9.17, 15) is 9.59 Å². The topological polar surface area (TPSA) is 111 Å². The highest BCUT2D eigenvalue weighted by Crippen LogP contribution is 2.38. The number of nitrogens with one attached hydrogen (secondary N) is 2. The number of tetrazole rings is 1. The van der Waals surface area contributed by atoms with Gasteiger partial charge in [0.1, 0.15) is 17.4 Å². The van der Waals surface area contributed by atoms with Crippen LogP contribution in [0.2, 0.25) is 0 Å². The van der Waals surface area contributed by atoms with Gasteiger partial charge in [-0.25, -0.2) is 4.68 Å². The number of ether oxygens (including phenoxy) is 1. The van der Waals surface area contributed by atoms with Crippen LogP contribution in [0.5, 0.6) is 5.75 Å². The first-order valence-corrected chi connectivity index (χ1v) is 11.6. The van der Waals surface area contributed by atoms with Crippen molar-refractivity contribution in [3.8, 4) is 5.75 Å². The third-order valence-corrected chi connectivity index (χ3v) is 6.56. The number of hydrogen-bond acceptors (Lipinski definition) is 7. The van der Waals surface area contributed by atoms with E-state index in [2.05, 4.69) is 26.2 Å². The highest BCUT2D eigenvalue weighted by atomic mass is 32.1. The van der Waals surface area contributed by atoms with Crippen LogP contribution in [0.4, 0.5) is 5.00 Å². The van der Waals surface area contributed by atoms with Crippen LogP contribution in [-0.4, -0.2) is 38.6 Å². The monoisotopic (exact) mass is 454 g/mol. The number of carbonyl (C=O) groups is 2. The minimum Gasteiger partial charge on any atom is -0.486 e. The Morgan fingerprint density at radius 1 is 1.12 bits per heavy atom. The molecule has 3 aromatic rings. The van der Waals surface area contributed by atoms with E-state index in [1.54, 1.807) is 28.9 Å². The van der Waals surface area contributed by atoms with Gasteiger partial charge < -0.3 is 15.4 Å². The van der Waals surface area contributed by atoms with E-state index in [0.29, 0.717) is 40.8 Å². The zero-order chi connectivity index (χ0) is 22.5. The van der Waals surface area contributed by atoms with Gasteiger partial charge in [-0.15, -0.1) is 16.4 Å². The fraction of sp³-hybridized carbons (Fsp3) is 0.409. The summed E-state index contributed by atoms with van der Waals surface area (Å²) in [7, 11) is 0. The number of rotatable bonds is 8. The molecule has 32 heavy (non-hydrogen) atoms. The Labute approximate surface area is 190 Å². The molecular weight excluding hydrogens is 428 g/mol. The SMILES string of the molecule is CCNC(=O)c1c(NC(=O)c2ccc(OCc3nnnn3CC)cc2)sc2c1CCCC2. The first-order chi connectivity index (χ1) is 15.6. The van der Waals surface area contributed by atoms with Gasteiger partial charge in [0.25, 0.3) is 11.8 Å². The molecule has 1 aliphatic rings. The van der Waals surface area contributed by atoms with Crippen LogP contribution in [0.3, 0.4) is 0 Å².